The number of benzene rings is 1. The van der Waals surface area contributed by atoms with Gasteiger partial charge in [0.25, 0.3) is 0 Å². The van der Waals surface area contributed by atoms with Gasteiger partial charge < -0.3 is 9.80 Å². The summed E-state index contributed by atoms with van der Waals surface area (Å²) in [5, 5.41) is -0.351. The lowest BCUT2D eigenvalue weighted by molar-refractivity contribution is 0.218. The standard InChI is InChI=1S/C11H12BrClN2O.ClH/c12-9-1-3-10(4-2-9)14-5-7-15(8-6-14)11(13)16;/h1-4H,5-8H2;1H. The van der Waals surface area contributed by atoms with Gasteiger partial charge in [-0.2, -0.15) is 0 Å². The summed E-state index contributed by atoms with van der Waals surface area (Å²) in [4.78, 5) is 14.9. The maximum Gasteiger partial charge on any atom is 0.316 e. The molecule has 0 radical (unpaired) electrons. The van der Waals surface area contributed by atoms with Crippen LogP contribution in [0.1, 0.15) is 0 Å². The third-order valence-corrected chi connectivity index (χ3v) is 3.49. The zero-order valence-corrected chi connectivity index (χ0v) is 12.3. The minimum atomic E-state index is -0.351. The maximum absolute atomic E-state index is 11.0. The summed E-state index contributed by atoms with van der Waals surface area (Å²) < 4.78 is 1.07. The number of carbonyl (C=O) groups is 1. The second kappa shape index (κ2) is 6.47. The van der Waals surface area contributed by atoms with Crippen molar-refractivity contribution in [3.05, 3.63) is 28.7 Å². The fourth-order valence-electron chi connectivity index (χ4n) is 1.79. The van der Waals surface area contributed by atoms with Crippen LogP contribution in [0.5, 0.6) is 0 Å². The number of piperazine rings is 1. The van der Waals surface area contributed by atoms with Crippen LogP contribution in [0.25, 0.3) is 0 Å². The van der Waals surface area contributed by atoms with E-state index >= 15 is 0 Å². The fraction of sp³-hybridized carbons (Fsp3) is 0.364. The van der Waals surface area contributed by atoms with E-state index in [2.05, 4.69) is 33.0 Å². The van der Waals surface area contributed by atoms with E-state index in [1.807, 2.05) is 12.1 Å². The molecule has 2 rings (SSSR count). The normalized spacial score (nSPS) is 15.4. The molecular formula is C11H13BrCl2N2O. The van der Waals surface area contributed by atoms with Gasteiger partial charge in [-0.1, -0.05) is 15.9 Å². The van der Waals surface area contributed by atoms with E-state index in [9.17, 15) is 4.79 Å². The van der Waals surface area contributed by atoms with Crippen LogP contribution in [0, 0.1) is 0 Å². The van der Waals surface area contributed by atoms with Crippen molar-refractivity contribution in [2.45, 2.75) is 0 Å². The van der Waals surface area contributed by atoms with Gasteiger partial charge in [-0.25, -0.2) is 0 Å². The molecule has 0 spiro atoms. The molecule has 1 heterocycles. The lowest BCUT2D eigenvalue weighted by atomic mass is 10.2. The molecule has 0 unspecified atom stereocenters. The molecule has 1 aliphatic heterocycles. The Kier molecular flexibility index (Phi) is 5.56. The zero-order chi connectivity index (χ0) is 11.5. The molecule has 1 aromatic carbocycles. The van der Waals surface area contributed by atoms with Crippen molar-refractivity contribution >= 4 is 51.0 Å². The van der Waals surface area contributed by atoms with E-state index in [1.165, 1.54) is 5.69 Å². The highest BCUT2D eigenvalue weighted by molar-refractivity contribution is 9.10. The number of hydrogen-bond acceptors (Lipinski definition) is 2. The van der Waals surface area contributed by atoms with Gasteiger partial charge in [0.2, 0.25) is 0 Å². The molecule has 1 aromatic rings. The van der Waals surface area contributed by atoms with Crippen molar-refractivity contribution in [2.24, 2.45) is 0 Å². The van der Waals surface area contributed by atoms with Crippen LogP contribution in [0.2, 0.25) is 0 Å². The second-order valence-electron chi connectivity index (χ2n) is 3.70. The predicted molar refractivity (Wildman–Crippen MR) is 76.4 cm³/mol. The Hall–Kier alpha value is -0.450. The zero-order valence-electron chi connectivity index (χ0n) is 9.10. The van der Waals surface area contributed by atoms with Gasteiger partial charge >= 0.3 is 5.37 Å². The fourth-order valence-corrected chi connectivity index (χ4v) is 2.23. The van der Waals surface area contributed by atoms with Gasteiger partial charge in [0, 0.05) is 36.3 Å². The summed E-state index contributed by atoms with van der Waals surface area (Å²) in [5.74, 6) is 0. The van der Waals surface area contributed by atoms with Crippen molar-refractivity contribution in [1.82, 2.24) is 4.90 Å². The first-order valence-electron chi connectivity index (χ1n) is 5.12. The Labute approximate surface area is 120 Å². The second-order valence-corrected chi connectivity index (χ2v) is 4.94. The molecule has 17 heavy (non-hydrogen) atoms. The number of rotatable bonds is 1. The van der Waals surface area contributed by atoms with Gasteiger partial charge in [0.1, 0.15) is 0 Å². The van der Waals surface area contributed by atoms with Crippen LogP contribution in [-0.4, -0.2) is 36.4 Å². The molecule has 1 saturated heterocycles. The van der Waals surface area contributed by atoms with Crippen molar-refractivity contribution in [2.75, 3.05) is 31.1 Å². The number of amides is 1. The molecular weight excluding hydrogens is 327 g/mol. The number of carbonyl (C=O) groups excluding carboxylic acids is 1. The van der Waals surface area contributed by atoms with E-state index < -0.39 is 0 Å². The molecule has 1 aliphatic rings. The SMILES string of the molecule is Cl.O=C(Cl)N1CCN(c2ccc(Br)cc2)CC1. The summed E-state index contributed by atoms with van der Waals surface area (Å²) in [6.07, 6.45) is 0. The van der Waals surface area contributed by atoms with E-state index in [-0.39, 0.29) is 17.8 Å². The summed E-state index contributed by atoms with van der Waals surface area (Å²) in [6, 6.07) is 8.19. The van der Waals surface area contributed by atoms with E-state index in [0.29, 0.717) is 13.1 Å². The molecule has 0 N–H and O–H groups in total. The van der Waals surface area contributed by atoms with Crippen molar-refractivity contribution in [3.63, 3.8) is 0 Å². The van der Waals surface area contributed by atoms with E-state index in [1.54, 1.807) is 4.90 Å². The van der Waals surface area contributed by atoms with Crippen LogP contribution < -0.4 is 4.90 Å². The lowest BCUT2D eigenvalue weighted by Crippen LogP contribution is -2.47. The molecule has 3 nitrogen and oxygen atoms in total. The Bertz CT molecular complexity index is 378. The first-order chi connectivity index (χ1) is 7.66. The number of anilines is 1. The molecule has 1 amide bonds. The molecule has 6 heteroatoms. The molecule has 94 valence electrons. The van der Waals surface area contributed by atoms with Crippen LogP contribution in [0.15, 0.2) is 28.7 Å². The van der Waals surface area contributed by atoms with Crippen LogP contribution >= 0.6 is 39.9 Å². The molecule has 0 aromatic heterocycles. The first-order valence-corrected chi connectivity index (χ1v) is 6.29. The van der Waals surface area contributed by atoms with Crippen molar-refractivity contribution < 1.29 is 4.79 Å². The highest BCUT2D eigenvalue weighted by Gasteiger charge is 2.19. The van der Waals surface area contributed by atoms with Crippen molar-refractivity contribution in [1.29, 1.82) is 0 Å². The molecule has 0 aliphatic carbocycles. The Balaban J connectivity index is 0.00000144. The van der Waals surface area contributed by atoms with Crippen LogP contribution in [-0.2, 0) is 0 Å². The molecule has 0 saturated carbocycles. The summed E-state index contributed by atoms with van der Waals surface area (Å²) in [7, 11) is 0. The van der Waals surface area contributed by atoms with Gasteiger partial charge in [0.05, 0.1) is 0 Å². The minimum Gasteiger partial charge on any atom is -0.368 e. The van der Waals surface area contributed by atoms with E-state index in [0.717, 1.165) is 17.6 Å². The summed E-state index contributed by atoms with van der Waals surface area (Å²) in [6.45, 7) is 3.05. The Morgan fingerprint density at radius 1 is 1.12 bits per heavy atom. The number of halogens is 3. The molecule has 0 atom stereocenters. The van der Waals surface area contributed by atoms with Gasteiger partial charge in [-0.05, 0) is 35.9 Å². The Morgan fingerprint density at radius 2 is 1.65 bits per heavy atom. The average molecular weight is 340 g/mol. The third-order valence-electron chi connectivity index (χ3n) is 2.72. The number of nitrogens with zero attached hydrogens (tertiary/aromatic N) is 2. The summed E-state index contributed by atoms with van der Waals surface area (Å²) >= 11 is 8.84. The highest BCUT2D eigenvalue weighted by atomic mass is 79.9. The summed E-state index contributed by atoms with van der Waals surface area (Å²) in [5.41, 5.74) is 1.19. The monoisotopic (exact) mass is 338 g/mol. The van der Waals surface area contributed by atoms with Crippen LogP contribution in [0.3, 0.4) is 0 Å². The quantitative estimate of drug-likeness (QED) is 0.578. The van der Waals surface area contributed by atoms with Crippen LogP contribution in [0.4, 0.5) is 10.5 Å². The van der Waals surface area contributed by atoms with Gasteiger partial charge in [-0.3, -0.25) is 4.79 Å². The van der Waals surface area contributed by atoms with Gasteiger partial charge in [-0.15, -0.1) is 12.4 Å². The predicted octanol–water partition coefficient (Wildman–Crippen LogP) is 3.35. The smallest absolute Gasteiger partial charge is 0.316 e. The van der Waals surface area contributed by atoms with Crippen molar-refractivity contribution in [3.8, 4) is 0 Å². The molecule has 1 fully saturated rings. The largest absolute Gasteiger partial charge is 0.368 e. The number of hydrogen-bond donors (Lipinski definition) is 0. The minimum absolute atomic E-state index is 0. The average Bonchev–Trinajstić information content (AvgIpc) is 2.30. The topological polar surface area (TPSA) is 23.6 Å². The van der Waals surface area contributed by atoms with E-state index in [4.69, 9.17) is 11.6 Å². The van der Waals surface area contributed by atoms with Gasteiger partial charge in [0.15, 0.2) is 0 Å². The maximum atomic E-state index is 11.0. The Morgan fingerprint density at radius 3 is 2.12 bits per heavy atom. The first kappa shape index (κ1) is 14.6. The lowest BCUT2D eigenvalue weighted by Gasteiger charge is -2.35. The third kappa shape index (κ3) is 3.76. The molecule has 0 bridgehead atoms. The highest BCUT2D eigenvalue weighted by Crippen LogP contribution is 2.19.